The minimum absolute atomic E-state index is 0.103. The summed E-state index contributed by atoms with van der Waals surface area (Å²) >= 11 is 0. The highest BCUT2D eigenvalue weighted by Gasteiger charge is 2.41. The quantitative estimate of drug-likeness (QED) is 0.0654. The van der Waals surface area contributed by atoms with Gasteiger partial charge in [-0.3, -0.25) is 4.57 Å². The molecule has 0 bridgehead atoms. The van der Waals surface area contributed by atoms with E-state index in [0.29, 0.717) is 17.1 Å². The topological polar surface area (TPSA) is 116 Å². The van der Waals surface area contributed by atoms with Crippen LogP contribution < -0.4 is 18.9 Å². The van der Waals surface area contributed by atoms with E-state index >= 15 is 0 Å². The molecule has 0 amide bonds. The molecule has 0 fully saturated rings. The Kier molecular flexibility index (Phi) is 12.7. The number of aromatic nitrogens is 1. The van der Waals surface area contributed by atoms with Crippen molar-refractivity contribution in [2.45, 2.75) is 38.8 Å². The Morgan fingerprint density at radius 3 is 1.55 bits per heavy atom. The number of ether oxygens (including phenoxy) is 4. The molecule has 5 aromatic rings. The lowest BCUT2D eigenvalue weighted by Gasteiger charge is -2.25. The van der Waals surface area contributed by atoms with Gasteiger partial charge in [-0.2, -0.15) is 13.2 Å². The molecule has 1 aromatic heterocycles. The van der Waals surface area contributed by atoms with Crippen LogP contribution in [0.4, 0.5) is 13.2 Å². The van der Waals surface area contributed by atoms with Crippen molar-refractivity contribution in [1.29, 1.82) is 0 Å². The SMILES string of the molecule is CCC(CC(c1ccc(OC(=O)C=Cc2ccc(OC)cc2)cc1)c1c(C)c(O)n(-c2ccc(OC(=O)C=Cc3ccc(OC)cc3)cc2)c1O)C(F)(F)F. The van der Waals surface area contributed by atoms with E-state index in [0.717, 1.165) is 15.7 Å². The van der Waals surface area contributed by atoms with Crippen molar-refractivity contribution in [3.63, 3.8) is 0 Å². The highest BCUT2D eigenvalue weighted by atomic mass is 19.4. The maximum atomic E-state index is 14.2. The molecule has 9 nitrogen and oxygen atoms in total. The number of hydrogen-bond acceptors (Lipinski definition) is 8. The Bertz CT molecular complexity index is 2140. The molecule has 1 heterocycles. The van der Waals surface area contributed by atoms with Gasteiger partial charge in [-0.05, 0) is 109 Å². The van der Waals surface area contributed by atoms with E-state index in [9.17, 15) is 33.0 Å². The summed E-state index contributed by atoms with van der Waals surface area (Å²) in [5.41, 5.74) is 2.45. The van der Waals surface area contributed by atoms with Crippen molar-refractivity contribution in [2.24, 2.45) is 5.92 Å². The fourth-order valence-electron chi connectivity index (χ4n) is 6.07. The first kappa shape index (κ1) is 39.8. The average Bonchev–Trinajstić information content (AvgIpc) is 3.40. The van der Waals surface area contributed by atoms with Gasteiger partial charge in [-0.1, -0.05) is 43.3 Å². The van der Waals surface area contributed by atoms with E-state index in [-0.39, 0.29) is 40.6 Å². The number of hydrogen-bond donors (Lipinski definition) is 2. The number of benzene rings is 4. The zero-order valence-corrected chi connectivity index (χ0v) is 30.5. The van der Waals surface area contributed by atoms with Crippen LogP contribution in [-0.4, -0.2) is 47.1 Å². The predicted molar refractivity (Wildman–Crippen MR) is 202 cm³/mol. The molecule has 2 N–H and O–H groups in total. The second-order valence-corrected chi connectivity index (χ2v) is 12.6. The Morgan fingerprint density at radius 1 is 0.691 bits per heavy atom. The molecular formula is C43H40F3NO8. The highest BCUT2D eigenvalue weighted by molar-refractivity contribution is 5.89. The van der Waals surface area contributed by atoms with E-state index in [1.165, 1.54) is 74.5 Å². The van der Waals surface area contributed by atoms with Gasteiger partial charge in [-0.25, -0.2) is 9.59 Å². The van der Waals surface area contributed by atoms with Crippen LogP contribution in [0.25, 0.3) is 17.8 Å². The molecule has 0 spiro atoms. The Hall–Kier alpha value is -6.43. The van der Waals surface area contributed by atoms with Gasteiger partial charge in [0.05, 0.1) is 25.8 Å². The second-order valence-electron chi connectivity index (χ2n) is 12.6. The predicted octanol–water partition coefficient (Wildman–Crippen LogP) is 9.56. The third-order valence-corrected chi connectivity index (χ3v) is 9.10. The van der Waals surface area contributed by atoms with Gasteiger partial charge in [-0.15, -0.1) is 0 Å². The molecule has 0 aliphatic heterocycles. The van der Waals surface area contributed by atoms with Crippen LogP contribution in [0.5, 0.6) is 34.8 Å². The molecule has 55 heavy (non-hydrogen) atoms. The van der Waals surface area contributed by atoms with E-state index in [1.807, 2.05) is 0 Å². The normalized spacial score (nSPS) is 12.8. The van der Waals surface area contributed by atoms with Crippen LogP contribution in [0.15, 0.2) is 109 Å². The molecule has 4 aromatic carbocycles. The van der Waals surface area contributed by atoms with Gasteiger partial charge in [0.15, 0.2) is 0 Å². The molecule has 286 valence electrons. The number of methoxy groups -OCH3 is 2. The lowest BCUT2D eigenvalue weighted by Crippen LogP contribution is -2.25. The summed E-state index contributed by atoms with van der Waals surface area (Å²) in [6.45, 7) is 2.95. The summed E-state index contributed by atoms with van der Waals surface area (Å²) in [7, 11) is 3.10. The Morgan fingerprint density at radius 2 is 1.13 bits per heavy atom. The third kappa shape index (κ3) is 9.96. The van der Waals surface area contributed by atoms with E-state index < -0.39 is 42.3 Å². The molecule has 0 saturated carbocycles. The van der Waals surface area contributed by atoms with E-state index in [1.54, 1.807) is 74.9 Å². The molecular weight excluding hydrogens is 715 g/mol. The molecule has 0 saturated heterocycles. The molecule has 2 unspecified atom stereocenters. The fraction of sp³-hybridized carbons (Fsp3) is 0.209. The number of carbonyl (C=O) groups is 2. The van der Waals surface area contributed by atoms with Crippen molar-refractivity contribution in [3.8, 4) is 40.4 Å². The number of rotatable bonds is 14. The summed E-state index contributed by atoms with van der Waals surface area (Å²) in [5.74, 6) is -3.20. The van der Waals surface area contributed by atoms with Crippen molar-refractivity contribution in [1.82, 2.24) is 4.57 Å². The standard InChI is InChI=1S/C43H40F3NO8/c1-5-31(43(44,45)46)26-37(30-12-20-35(21-13-30)54-38(48)24-10-28-6-16-33(52-3)17-7-28)40-27(2)41(50)47(42(40)51)32-14-22-36(23-15-32)55-39(49)25-11-29-8-18-34(53-4)19-9-29/h6-25,31,37,50-51H,5,26H2,1-4H3. The van der Waals surface area contributed by atoms with Gasteiger partial charge in [0.1, 0.15) is 23.0 Å². The first-order valence-corrected chi connectivity index (χ1v) is 17.3. The van der Waals surface area contributed by atoms with Crippen molar-refractivity contribution in [3.05, 3.63) is 137 Å². The van der Waals surface area contributed by atoms with Crippen LogP contribution >= 0.6 is 0 Å². The van der Waals surface area contributed by atoms with Gasteiger partial charge in [0.2, 0.25) is 11.8 Å². The Balaban J connectivity index is 1.37. The minimum Gasteiger partial charge on any atom is -0.497 e. The maximum absolute atomic E-state index is 14.2. The van der Waals surface area contributed by atoms with Crippen LogP contribution in [0, 0.1) is 12.8 Å². The summed E-state index contributed by atoms with van der Waals surface area (Å²) in [4.78, 5) is 25.0. The van der Waals surface area contributed by atoms with Gasteiger partial charge in [0, 0.05) is 29.2 Å². The van der Waals surface area contributed by atoms with Crippen molar-refractivity contribution < 1.29 is 51.9 Å². The first-order valence-electron chi connectivity index (χ1n) is 17.3. The zero-order chi connectivity index (χ0) is 39.7. The smallest absolute Gasteiger partial charge is 0.391 e. The maximum Gasteiger partial charge on any atom is 0.391 e. The van der Waals surface area contributed by atoms with E-state index in [2.05, 4.69) is 0 Å². The summed E-state index contributed by atoms with van der Waals surface area (Å²) in [5, 5.41) is 22.8. The molecule has 12 heteroatoms. The molecule has 0 aliphatic rings. The van der Waals surface area contributed by atoms with Crippen LogP contribution in [0.3, 0.4) is 0 Å². The van der Waals surface area contributed by atoms with Gasteiger partial charge < -0.3 is 29.2 Å². The summed E-state index contributed by atoms with van der Waals surface area (Å²) in [6.07, 6.45) is 0.495. The molecule has 2 atom stereocenters. The zero-order valence-electron chi connectivity index (χ0n) is 30.5. The number of nitrogens with zero attached hydrogens (tertiary/aromatic N) is 1. The third-order valence-electron chi connectivity index (χ3n) is 9.10. The number of halogens is 3. The minimum atomic E-state index is -4.52. The number of alkyl halides is 3. The summed E-state index contributed by atoms with van der Waals surface area (Å²) < 4.78 is 64.7. The van der Waals surface area contributed by atoms with Gasteiger partial charge >= 0.3 is 18.1 Å². The van der Waals surface area contributed by atoms with Crippen LogP contribution in [-0.2, 0) is 9.59 Å². The van der Waals surface area contributed by atoms with Crippen molar-refractivity contribution >= 4 is 24.1 Å². The Labute approximate surface area is 316 Å². The van der Waals surface area contributed by atoms with Crippen molar-refractivity contribution in [2.75, 3.05) is 14.2 Å². The van der Waals surface area contributed by atoms with Gasteiger partial charge in [0.25, 0.3) is 0 Å². The highest BCUT2D eigenvalue weighted by Crippen LogP contribution is 2.47. The molecule has 0 aliphatic carbocycles. The lowest BCUT2D eigenvalue weighted by atomic mass is 9.82. The fourth-order valence-corrected chi connectivity index (χ4v) is 6.07. The monoisotopic (exact) mass is 755 g/mol. The van der Waals surface area contributed by atoms with Crippen LogP contribution in [0.2, 0.25) is 0 Å². The number of aromatic hydroxyl groups is 2. The molecule has 5 rings (SSSR count). The summed E-state index contributed by atoms with van der Waals surface area (Å²) in [6, 6.07) is 26.0. The number of esters is 2. The van der Waals surface area contributed by atoms with E-state index in [4.69, 9.17) is 18.9 Å². The number of carbonyl (C=O) groups excluding carboxylic acids is 2. The van der Waals surface area contributed by atoms with Crippen LogP contribution in [0.1, 0.15) is 53.5 Å². The average molecular weight is 756 g/mol. The first-order chi connectivity index (χ1) is 26.3. The lowest BCUT2D eigenvalue weighted by molar-refractivity contribution is -0.177. The second kappa shape index (κ2) is 17.6. The largest absolute Gasteiger partial charge is 0.497 e. The molecule has 0 radical (unpaired) electrons.